The summed E-state index contributed by atoms with van der Waals surface area (Å²) in [5.74, 6) is 0. The van der Waals surface area contributed by atoms with E-state index >= 15 is 0 Å². The normalized spacial score (nSPS) is 19.1. The molecular weight excluding hydrogens is 318 g/mol. The fraction of sp³-hybridized carbons (Fsp3) is 0.750. The monoisotopic (exact) mass is 337 g/mol. The highest BCUT2D eigenvalue weighted by Gasteiger charge is 2.23. The van der Waals surface area contributed by atoms with Crippen molar-refractivity contribution in [2.75, 3.05) is 19.6 Å². The number of aromatic nitrogens is 1. The number of piperidine rings is 1. The molecule has 0 spiro atoms. The zero-order valence-corrected chi connectivity index (χ0v) is 14.1. The SMILES string of the molecule is Cc1nc(Cl)sc1S(=O)(=O)NCC(C)N1CCCCC1. The van der Waals surface area contributed by atoms with E-state index in [1.807, 2.05) is 0 Å². The van der Waals surface area contributed by atoms with Crippen molar-refractivity contribution in [3.05, 3.63) is 10.2 Å². The Balaban J connectivity index is 1.97. The molecule has 1 fully saturated rings. The maximum absolute atomic E-state index is 12.2. The molecule has 0 aliphatic carbocycles. The topological polar surface area (TPSA) is 62.3 Å². The molecule has 1 aromatic heterocycles. The highest BCUT2D eigenvalue weighted by molar-refractivity contribution is 7.91. The standard InChI is InChI=1S/C12H20ClN3O2S2/c1-9(16-6-4-3-5-7-16)8-14-20(17,18)11-10(2)15-12(13)19-11/h9,14H,3-8H2,1-2H3. The molecule has 8 heteroatoms. The van der Waals surface area contributed by atoms with Crippen LogP contribution in [0.5, 0.6) is 0 Å². The fourth-order valence-electron chi connectivity index (χ4n) is 2.38. The summed E-state index contributed by atoms with van der Waals surface area (Å²) in [7, 11) is -3.51. The van der Waals surface area contributed by atoms with Gasteiger partial charge in [-0.15, -0.1) is 0 Å². The minimum atomic E-state index is -3.51. The lowest BCUT2D eigenvalue weighted by atomic mass is 10.1. The third-order valence-electron chi connectivity index (χ3n) is 3.55. The van der Waals surface area contributed by atoms with E-state index in [9.17, 15) is 8.42 Å². The Morgan fingerprint density at radius 2 is 2.05 bits per heavy atom. The van der Waals surface area contributed by atoms with Crippen LogP contribution in [0.3, 0.4) is 0 Å². The van der Waals surface area contributed by atoms with Crippen molar-refractivity contribution >= 4 is 33.0 Å². The predicted octanol–water partition coefficient (Wildman–Crippen LogP) is 2.26. The van der Waals surface area contributed by atoms with Crippen LogP contribution in [0.15, 0.2) is 4.21 Å². The van der Waals surface area contributed by atoms with Gasteiger partial charge in [0.05, 0.1) is 5.69 Å². The van der Waals surface area contributed by atoms with Gasteiger partial charge in [0.25, 0.3) is 10.0 Å². The van der Waals surface area contributed by atoms with Gasteiger partial charge < -0.3 is 0 Å². The minimum absolute atomic E-state index is 0.203. The van der Waals surface area contributed by atoms with E-state index in [1.165, 1.54) is 19.3 Å². The molecule has 1 atom stereocenters. The third kappa shape index (κ3) is 3.92. The molecule has 1 aromatic rings. The van der Waals surface area contributed by atoms with Gasteiger partial charge >= 0.3 is 0 Å². The summed E-state index contributed by atoms with van der Waals surface area (Å²) in [4.78, 5) is 6.28. The lowest BCUT2D eigenvalue weighted by molar-refractivity contribution is 0.175. The lowest BCUT2D eigenvalue weighted by Gasteiger charge is -2.32. The molecule has 114 valence electrons. The number of aryl methyl sites for hydroxylation is 1. The maximum Gasteiger partial charge on any atom is 0.252 e. The van der Waals surface area contributed by atoms with Gasteiger partial charge in [-0.25, -0.2) is 18.1 Å². The Bertz CT molecular complexity index is 553. The van der Waals surface area contributed by atoms with Crippen molar-refractivity contribution in [1.29, 1.82) is 0 Å². The number of likely N-dealkylation sites (tertiary alicyclic amines) is 1. The molecule has 1 unspecified atom stereocenters. The molecule has 0 bridgehead atoms. The van der Waals surface area contributed by atoms with Gasteiger partial charge in [0.15, 0.2) is 8.68 Å². The van der Waals surface area contributed by atoms with Crippen molar-refractivity contribution in [1.82, 2.24) is 14.6 Å². The summed E-state index contributed by atoms with van der Waals surface area (Å²) < 4.78 is 27.6. The molecular formula is C12H20ClN3O2S2. The molecule has 0 aromatic carbocycles. The molecule has 1 saturated heterocycles. The van der Waals surface area contributed by atoms with E-state index in [0.29, 0.717) is 12.2 Å². The number of hydrogen-bond acceptors (Lipinski definition) is 5. The quantitative estimate of drug-likeness (QED) is 0.895. The van der Waals surface area contributed by atoms with Gasteiger partial charge in [0, 0.05) is 12.6 Å². The molecule has 2 heterocycles. The number of halogens is 1. The predicted molar refractivity (Wildman–Crippen MR) is 81.9 cm³/mol. The van der Waals surface area contributed by atoms with Gasteiger partial charge in [-0.3, -0.25) is 4.90 Å². The first-order valence-corrected chi connectivity index (χ1v) is 9.44. The van der Waals surface area contributed by atoms with E-state index < -0.39 is 10.0 Å². The summed E-state index contributed by atoms with van der Waals surface area (Å²) in [5.41, 5.74) is 0.457. The van der Waals surface area contributed by atoms with E-state index in [4.69, 9.17) is 11.6 Å². The van der Waals surface area contributed by atoms with Crippen molar-refractivity contribution < 1.29 is 8.42 Å². The Labute approximate surface area is 129 Å². The number of sulfonamides is 1. The van der Waals surface area contributed by atoms with Gasteiger partial charge in [-0.2, -0.15) is 0 Å². The summed E-state index contributed by atoms with van der Waals surface area (Å²) >= 11 is 6.76. The van der Waals surface area contributed by atoms with Crippen LogP contribution in [0.25, 0.3) is 0 Å². The van der Waals surface area contributed by atoms with E-state index in [1.54, 1.807) is 6.92 Å². The highest BCUT2D eigenvalue weighted by Crippen LogP contribution is 2.26. The second kappa shape index (κ2) is 6.70. The molecule has 1 aliphatic heterocycles. The second-order valence-corrected chi connectivity index (χ2v) is 8.68. The first-order chi connectivity index (χ1) is 9.40. The van der Waals surface area contributed by atoms with Gasteiger partial charge in [0.2, 0.25) is 0 Å². The summed E-state index contributed by atoms with van der Waals surface area (Å²) in [6, 6.07) is 0.203. The minimum Gasteiger partial charge on any atom is -0.299 e. The van der Waals surface area contributed by atoms with Crippen molar-refractivity contribution in [3.63, 3.8) is 0 Å². The second-order valence-electron chi connectivity index (χ2n) is 5.14. The van der Waals surface area contributed by atoms with Gasteiger partial charge in [-0.1, -0.05) is 29.4 Å². The van der Waals surface area contributed by atoms with Crippen LogP contribution < -0.4 is 4.72 Å². The number of nitrogens with zero attached hydrogens (tertiary/aromatic N) is 2. The number of nitrogens with one attached hydrogen (secondary N) is 1. The molecule has 5 nitrogen and oxygen atoms in total. The average Bonchev–Trinajstić information content (AvgIpc) is 2.77. The van der Waals surface area contributed by atoms with E-state index in [-0.39, 0.29) is 14.7 Å². The number of rotatable bonds is 5. The summed E-state index contributed by atoms with van der Waals surface area (Å²) in [6.45, 7) is 6.23. The van der Waals surface area contributed by atoms with Crippen LogP contribution in [0.4, 0.5) is 0 Å². The van der Waals surface area contributed by atoms with Crippen LogP contribution in [0.1, 0.15) is 31.9 Å². The average molecular weight is 338 g/mol. The van der Waals surface area contributed by atoms with E-state index in [0.717, 1.165) is 24.4 Å². The molecule has 1 aliphatic rings. The molecule has 0 amide bonds. The summed E-state index contributed by atoms with van der Waals surface area (Å²) in [5, 5.41) is 0. The molecule has 0 radical (unpaired) electrons. The van der Waals surface area contributed by atoms with Crippen LogP contribution >= 0.6 is 22.9 Å². The first kappa shape index (κ1) is 16.2. The Morgan fingerprint density at radius 1 is 1.40 bits per heavy atom. The zero-order valence-electron chi connectivity index (χ0n) is 11.7. The number of hydrogen-bond donors (Lipinski definition) is 1. The van der Waals surface area contributed by atoms with Crippen LogP contribution in [0.2, 0.25) is 4.47 Å². The molecule has 2 rings (SSSR count). The third-order valence-corrected chi connectivity index (χ3v) is 6.85. The molecule has 20 heavy (non-hydrogen) atoms. The first-order valence-electron chi connectivity index (χ1n) is 6.77. The van der Waals surface area contributed by atoms with Gasteiger partial charge in [-0.05, 0) is 39.8 Å². The summed E-state index contributed by atoms with van der Waals surface area (Å²) in [6.07, 6.45) is 3.66. The van der Waals surface area contributed by atoms with Crippen molar-refractivity contribution in [2.24, 2.45) is 0 Å². The van der Waals surface area contributed by atoms with Gasteiger partial charge in [0.1, 0.15) is 0 Å². The van der Waals surface area contributed by atoms with Crippen LogP contribution in [-0.2, 0) is 10.0 Å². The van der Waals surface area contributed by atoms with Crippen LogP contribution in [0, 0.1) is 6.92 Å². The Morgan fingerprint density at radius 3 is 2.60 bits per heavy atom. The van der Waals surface area contributed by atoms with Crippen molar-refractivity contribution in [3.8, 4) is 0 Å². The molecule has 0 saturated carbocycles. The smallest absolute Gasteiger partial charge is 0.252 e. The lowest BCUT2D eigenvalue weighted by Crippen LogP contribution is -2.44. The Hall–Kier alpha value is -0.210. The highest BCUT2D eigenvalue weighted by atomic mass is 35.5. The van der Waals surface area contributed by atoms with Crippen molar-refractivity contribution in [2.45, 2.75) is 43.4 Å². The largest absolute Gasteiger partial charge is 0.299 e. The number of thiazole rings is 1. The maximum atomic E-state index is 12.2. The zero-order chi connectivity index (χ0) is 14.8. The fourth-order valence-corrected chi connectivity index (χ4v) is 5.29. The Kier molecular flexibility index (Phi) is 5.42. The molecule has 1 N–H and O–H groups in total. The van der Waals surface area contributed by atoms with Crippen LogP contribution in [-0.4, -0.2) is 44.0 Å². The van der Waals surface area contributed by atoms with E-state index in [2.05, 4.69) is 21.5 Å².